The van der Waals surface area contributed by atoms with Crippen LogP contribution in [0.15, 0.2) is 51.5 Å². The van der Waals surface area contributed by atoms with E-state index in [1.165, 1.54) is 5.56 Å². The Morgan fingerprint density at radius 3 is 2.81 bits per heavy atom. The second kappa shape index (κ2) is 9.14. The summed E-state index contributed by atoms with van der Waals surface area (Å²) in [5, 5.41) is 11.0. The molecular formula is C20H24N4O3. The standard InChI is InChI=1S/C20H24N4O3/c1-3-10-24(13-18(25)21-16-8-5-7-15(4-2)12-16)14-19-22-23-20(27-19)17-9-6-11-26-17/h5-9,11-12H,3-4,10,13-14H2,1-2H3,(H,21,25). The van der Waals surface area contributed by atoms with Crippen molar-refractivity contribution in [3.05, 3.63) is 54.1 Å². The molecular weight excluding hydrogens is 344 g/mol. The minimum Gasteiger partial charge on any atom is -0.459 e. The highest BCUT2D eigenvalue weighted by Gasteiger charge is 2.16. The topological polar surface area (TPSA) is 84.4 Å². The molecule has 7 nitrogen and oxygen atoms in total. The van der Waals surface area contributed by atoms with Crippen LogP contribution >= 0.6 is 0 Å². The zero-order chi connectivity index (χ0) is 19.1. The van der Waals surface area contributed by atoms with Crippen molar-refractivity contribution in [3.63, 3.8) is 0 Å². The van der Waals surface area contributed by atoms with Crippen LogP contribution in [-0.2, 0) is 17.8 Å². The monoisotopic (exact) mass is 368 g/mol. The average molecular weight is 368 g/mol. The first-order valence-electron chi connectivity index (χ1n) is 9.15. The van der Waals surface area contributed by atoms with Gasteiger partial charge in [-0.2, -0.15) is 0 Å². The number of carbonyl (C=O) groups excluding carboxylic acids is 1. The van der Waals surface area contributed by atoms with E-state index in [2.05, 4.69) is 29.4 Å². The van der Waals surface area contributed by atoms with E-state index < -0.39 is 0 Å². The van der Waals surface area contributed by atoms with Crippen LogP contribution in [0.2, 0.25) is 0 Å². The second-order valence-corrected chi connectivity index (χ2v) is 6.29. The van der Waals surface area contributed by atoms with Crippen LogP contribution in [0.1, 0.15) is 31.7 Å². The van der Waals surface area contributed by atoms with Crippen molar-refractivity contribution < 1.29 is 13.6 Å². The molecule has 0 bridgehead atoms. The number of furan rings is 1. The van der Waals surface area contributed by atoms with Gasteiger partial charge in [-0.1, -0.05) is 26.0 Å². The number of hydrogen-bond donors (Lipinski definition) is 1. The van der Waals surface area contributed by atoms with E-state index in [0.29, 0.717) is 24.1 Å². The molecule has 27 heavy (non-hydrogen) atoms. The zero-order valence-electron chi connectivity index (χ0n) is 15.6. The lowest BCUT2D eigenvalue weighted by atomic mass is 10.1. The molecule has 3 aromatic rings. The number of anilines is 1. The first-order valence-corrected chi connectivity index (χ1v) is 9.15. The molecule has 0 saturated carbocycles. The van der Waals surface area contributed by atoms with Crippen LogP contribution < -0.4 is 5.32 Å². The minimum atomic E-state index is -0.0672. The quantitative estimate of drug-likeness (QED) is 0.619. The van der Waals surface area contributed by atoms with Gasteiger partial charge in [-0.25, -0.2) is 0 Å². The molecule has 0 aliphatic rings. The first-order chi connectivity index (χ1) is 13.2. The normalized spacial score (nSPS) is 11.1. The lowest BCUT2D eigenvalue weighted by molar-refractivity contribution is -0.117. The maximum absolute atomic E-state index is 12.4. The van der Waals surface area contributed by atoms with Crippen LogP contribution in [0.25, 0.3) is 11.7 Å². The molecule has 0 fully saturated rings. The average Bonchev–Trinajstić information content (AvgIpc) is 3.33. The maximum Gasteiger partial charge on any atom is 0.283 e. The predicted octanol–water partition coefficient (Wildman–Crippen LogP) is 3.74. The van der Waals surface area contributed by atoms with E-state index in [1.807, 2.05) is 29.2 Å². The fourth-order valence-electron chi connectivity index (χ4n) is 2.81. The predicted molar refractivity (Wildman–Crippen MR) is 102 cm³/mol. The number of carbonyl (C=O) groups is 1. The van der Waals surface area contributed by atoms with Crippen molar-refractivity contribution in [2.24, 2.45) is 0 Å². The van der Waals surface area contributed by atoms with Gasteiger partial charge >= 0.3 is 0 Å². The van der Waals surface area contributed by atoms with Crippen molar-refractivity contribution in [1.29, 1.82) is 0 Å². The number of amides is 1. The second-order valence-electron chi connectivity index (χ2n) is 6.29. The molecule has 0 saturated heterocycles. The maximum atomic E-state index is 12.4. The molecule has 0 spiro atoms. The van der Waals surface area contributed by atoms with Crippen molar-refractivity contribution in [2.45, 2.75) is 33.2 Å². The number of rotatable bonds is 9. The summed E-state index contributed by atoms with van der Waals surface area (Å²) < 4.78 is 10.9. The minimum absolute atomic E-state index is 0.0672. The molecule has 2 heterocycles. The lowest BCUT2D eigenvalue weighted by Crippen LogP contribution is -2.33. The molecule has 3 rings (SSSR count). The molecule has 1 N–H and O–H groups in total. The molecule has 0 unspecified atom stereocenters. The fourth-order valence-corrected chi connectivity index (χ4v) is 2.81. The Hall–Kier alpha value is -2.93. The van der Waals surface area contributed by atoms with Gasteiger partial charge in [0.05, 0.1) is 19.4 Å². The SMILES string of the molecule is CCCN(CC(=O)Nc1cccc(CC)c1)Cc1nnc(-c2ccco2)o1. The number of benzene rings is 1. The number of aryl methyl sites for hydroxylation is 1. The molecule has 7 heteroatoms. The molecule has 0 atom stereocenters. The van der Waals surface area contributed by atoms with Crippen LogP contribution in [0.4, 0.5) is 5.69 Å². The van der Waals surface area contributed by atoms with Gasteiger partial charge in [0.1, 0.15) is 0 Å². The molecule has 2 aromatic heterocycles. The Bertz CT molecular complexity index is 858. The fraction of sp³-hybridized carbons (Fsp3) is 0.350. The Balaban J connectivity index is 1.60. The van der Waals surface area contributed by atoms with Crippen LogP contribution in [-0.4, -0.2) is 34.1 Å². The lowest BCUT2D eigenvalue weighted by Gasteiger charge is -2.19. The molecule has 142 valence electrons. The van der Waals surface area contributed by atoms with E-state index in [4.69, 9.17) is 8.83 Å². The van der Waals surface area contributed by atoms with E-state index in [9.17, 15) is 4.79 Å². The van der Waals surface area contributed by atoms with Gasteiger partial charge in [-0.3, -0.25) is 9.69 Å². The molecule has 0 radical (unpaired) electrons. The summed E-state index contributed by atoms with van der Waals surface area (Å²) in [6, 6.07) is 11.4. The van der Waals surface area contributed by atoms with E-state index in [1.54, 1.807) is 18.4 Å². The largest absolute Gasteiger partial charge is 0.459 e. The highest BCUT2D eigenvalue weighted by Crippen LogP contribution is 2.18. The van der Waals surface area contributed by atoms with E-state index >= 15 is 0 Å². The van der Waals surface area contributed by atoms with Gasteiger partial charge in [0.25, 0.3) is 5.89 Å². The van der Waals surface area contributed by atoms with Crippen molar-refractivity contribution in [1.82, 2.24) is 15.1 Å². The van der Waals surface area contributed by atoms with Gasteiger partial charge in [-0.15, -0.1) is 10.2 Å². The third-order valence-electron chi connectivity index (χ3n) is 4.08. The summed E-state index contributed by atoms with van der Waals surface area (Å²) in [5.74, 6) is 1.26. The third kappa shape index (κ3) is 5.27. The van der Waals surface area contributed by atoms with Crippen molar-refractivity contribution in [2.75, 3.05) is 18.4 Å². The summed E-state index contributed by atoms with van der Waals surface area (Å²) in [6.45, 7) is 5.57. The first kappa shape index (κ1) is 18.8. The number of nitrogens with one attached hydrogen (secondary N) is 1. The zero-order valence-corrected chi connectivity index (χ0v) is 15.6. The van der Waals surface area contributed by atoms with Gasteiger partial charge in [0, 0.05) is 5.69 Å². The van der Waals surface area contributed by atoms with E-state index in [-0.39, 0.29) is 12.5 Å². The van der Waals surface area contributed by atoms with Gasteiger partial charge in [-0.05, 0) is 49.2 Å². The third-order valence-corrected chi connectivity index (χ3v) is 4.08. The van der Waals surface area contributed by atoms with Crippen LogP contribution in [0.5, 0.6) is 0 Å². The van der Waals surface area contributed by atoms with Gasteiger partial charge in [0.15, 0.2) is 5.76 Å². The highest BCUT2D eigenvalue weighted by molar-refractivity contribution is 5.92. The Morgan fingerprint density at radius 2 is 2.07 bits per heavy atom. The van der Waals surface area contributed by atoms with Crippen molar-refractivity contribution >= 4 is 11.6 Å². The van der Waals surface area contributed by atoms with Crippen LogP contribution in [0, 0.1) is 0 Å². The smallest absolute Gasteiger partial charge is 0.283 e. The molecule has 0 aliphatic heterocycles. The Labute approximate surface area is 158 Å². The van der Waals surface area contributed by atoms with Gasteiger partial charge in [0.2, 0.25) is 11.8 Å². The number of nitrogens with zero attached hydrogens (tertiary/aromatic N) is 3. The number of aromatic nitrogens is 2. The molecule has 1 aromatic carbocycles. The highest BCUT2D eigenvalue weighted by atomic mass is 16.4. The summed E-state index contributed by atoms with van der Waals surface area (Å²) in [6.07, 6.45) is 3.40. The summed E-state index contributed by atoms with van der Waals surface area (Å²) >= 11 is 0. The Kier molecular flexibility index (Phi) is 6.38. The van der Waals surface area contributed by atoms with Crippen LogP contribution in [0.3, 0.4) is 0 Å². The summed E-state index contributed by atoms with van der Waals surface area (Å²) in [7, 11) is 0. The van der Waals surface area contributed by atoms with Gasteiger partial charge < -0.3 is 14.2 Å². The molecule has 0 aliphatic carbocycles. The van der Waals surface area contributed by atoms with Crippen molar-refractivity contribution in [3.8, 4) is 11.7 Å². The summed E-state index contributed by atoms with van der Waals surface area (Å²) in [4.78, 5) is 14.4. The Morgan fingerprint density at radius 1 is 1.19 bits per heavy atom. The molecule has 1 amide bonds. The van der Waals surface area contributed by atoms with E-state index in [0.717, 1.165) is 25.1 Å². The number of hydrogen-bond acceptors (Lipinski definition) is 6. The summed E-state index contributed by atoms with van der Waals surface area (Å²) in [5.41, 5.74) is 2.00.